The number of aliphatic hydroxyl groups excluding tert-OH is 1. The summed E-state index contributed by atoms with van der Waals surface area (Å²) in [7, 11) is 0. The summed E-state index contributed by atoms with van der Waals surface area (Å²) in [5, 5.41) is 15.7. The van der Waals surface area contributed by atoms with Gasteiger partial charge in [0.05, 0.1) is 22.5 Å². The van der Waals surface area contributed by atoms with Gasteiger partial charge < -0.3 is 5.11 Å². The van der Waals surface area contributed by atoms with Crippen LogP contribution in [0.1, 0.15) is 44.0 Å². The Morgan fingerprint density at radius 1 is 1.37 bits per heavy atom. The fourth-order valence-electron chi connectivity index (χ4n) is 4.02. The highest BCUT2D eigenvalue weighted by Gasteiger charge is 2.53. The van der Waals surface area contributed by atoms with E-state index in [0.29, 0.717) is 12.3 Å². The van der Waals surface area contributed by atoms with Crippen molar-refractivity contribution >= 4 is 11.6 Å². The largest absolute Gasteiger partial charge is 0.392 e. The number of nitrogens with zero attached hydrogens (tertiary/aromatic N) is 2. The highest BCUT2D eigenvalue weighted by atomic mass is 35.5. The van der Waals surface area contributed by atoms with Gasteiger partial charge in [-0.05, 0) is 44.4 Å². The number of halogens is 1. The molecule has 3 rings (SSSR count). The summed E-state index contributed by atoms with van der Waals surface area (Å²) in [6.45, 7) is 4.81. The van der Waals surface area contributed by atoms with Gasteiger partial charge in [0.1, 0.15) is 0 Å². The minimum atomic E-state index is -0.244. The molecule has 0 bridgehead atoms. The molecule has 3 atom stereocenters. The molecule has 0 aliphatic heterocycles. The van der Waals surface area contributed by atoms with Crippen molar-refractivity contribution in [1.29, 1.82) is 0 Å². The first-order chi connectivity index (χ1) is 9.13. The van der Waals surface area contributed by atoms with E-state index >= 15 is 0 Å². The molecule has 0 saturated heterocycles. The molecule has 2 aliphatic rings. The highest BCUT2D eigenvalue weighted by Crippen LogP contribution is 2.57. The van der Waals surface area contributed by atoms with Crippen molar-refractivity contribution in [3.05, 3.63) is 16.4 Å². The number of fused-ring (bicyclic) bond motifs is 1. The van der Waals surface area contributed by atoms with Crippen LogP contribution in [0.4, 0.5) is 0 Å². The number of hydrogen-bond acceptors (Lipinski definition) is 2. The van der Waals surface area contributed by atoms with Gasteiger partial charge in [-0.3, -0.25) is 4.68 Å². The van der Waals surface area contributed by atoms with Crippen LogP contribution in [0.2, 0.25) is 5.02 Å². The van der Waals surface area contributed by atoms with Crippen molar-refractivity contribution in [3.63, 3.8) is 0 Å². The van der Waals surface area contributed by atoms with Gasteiger partial charge in [-0.2, -0.15) is 5.10 Å². The molecule has 3 unspecified atom stereocenters. The SMILES string of the molecule is CCn1nc(C)c(Cl)c1CC(O)C1C2CCCCC21. The van der Waals surface area contributed by atoms with Crippen LogP contribution in [0.15, 0.2) is 0 Å². The minimum Gasteiger partial charge on any atom is -0.392 e. The summed E-state index contributed by atoms with van der Waals surface area (Å²) in [5.41, 5.74) is 1.89. The molecule has 0 aromatic carbocycles. The number of rotatable bonds is 4. The zero-order valence-electron chi connectivity index (χ0n) is 11.8. The molecule has 3 nitrogen and oxygen atoms in total. The van der Waals surface area contributed by atoms with E-state index in [-0.39, 0.29) is 6.10 Å². The second-order valence-electron chi connectivity index (χ2n) is 6.12. The van der Waals surface area contributed by atoms with Gasteiger partial charge in [0, 0.05) is 13.0 Å². The smallest absolute Gasteiger partial charge is 0.0848 e. The van der Waals surface area contributed by atoms with Gasteiger partial charge in [-0.1, -0.05) is 24.4 Å². The van der Waals surface area contributed by atoms with Crippen LogP contribution in [-0.2, 0) is 13.0 Å². The summed E-state index contributed by atoms with van der Waals surface area (Å²) in [5.74, 6) is 2.07. The van der Waals surface area contributed by atoms with E-state index < -0.39 is 0 Å². The molecule has 2 saturated carbocycles. The molecule has 0 radical (unpaired) electrons. The number of aromatic nitrogens is 2. The second kappa shape index (κ2) is 5.10. The third kappa shape index (κ3) is 2.31. The number of aryl methyl sites for hydroxylation is 2. The maximum atomic E-state index is 10.5. The van der Waals surface area contributed by atoms with Gasteiger partial charge in [0.25, 0.3) is 0 Å². The first-order valence-corrected chi connectivity index (χ1v) is 7.91. The molecule has 4 heteroatoms. The third-order valence-electron chi connectivity index (χ3n) is 5.02. The standard InChI is InChI=1S/C15H23ClN2O/c1-3-18-12(15(16)9(2)17-18)8-13(19)14-10-6-4-5-7-11(10)14/h10-11,13-14,19H,3-8H2,1-2H3. The van der Waals surface area contributed by atoms with Crippen molar-refractivity contribution in [2.75, 3.05) is 0 Å². The molecule has 106 valence electrons. The fraction of sp³-hybridized carbons (Fsp3) is 0.800. The Kier molecular flexibility index (Phi) is 3.61. The molecule has 0 amide bonds. The third-order valence-corrected chi connectivity index (χ3v) is 5.51. The minimum absolute atomic E-state index is 0.244. The molecule has 1 aromatic heterocycles. The summed E-state index contributed by atoms with van der Waals surface area (Å²) in [4.78, 5) is 0. The summed E-state index contributed by atoms with van der Waals surface area (Å²) >= 11 is 6.32. The zero-order chi connectivity index (χ0) is 13.6. The van der Waals surface area contributed by atoms with Crippen LogP contribution in [-0.4, -0.2) is 21.0 Å². The van der Waals surface area contributed by atoms with E-state index in [2.05, 4.69) is 12.0 Å². The van der Waals surface area contributed by atoms with Crippen molar-refractivity contribution in [2.45, 2.75) is 58.6 Å². The second-order valence-corrected chi connectivity index (χ2v) is 6.50. The van der Waals surface area contributed by atoms with E-state index in [0.717, 1.165) is 34.8 Å². The van der Waals surface area contributed by atoms with Gasteiger partial charge in [0.15, 0.2) is 0 Å². The summed E-state index contributed by atoms with van der Waals surface area (Å²) in [6, 6.07) is 0. The maximum absolute atomic E-state index is 10.5. The normalized spacial score (nSPS) is 31.1. The van der Waals surface area contributed by atoms with Crippen LogP contribution in [0, 0.1) is 24.7 Å². The first kappa shape index (κ1) is 13.4. The average molecular weight is 283 g/mol. The van der Waals surface area contributed by atoms with Gasteiger partial charge >= 0.3 is 0 Å². The quantitative estimate of drug-likeness (QED) is 0.921. The fourth-order valence-corrected chi connectivity index (χ4v) is 4.23. The van der Waals surface area contributed by atoms with Gasteiger partial charge in [-0.25, -0.2) is 0 Å². The Labute approximate surface area is 120 Å². The van der Waals surface area contributed by atoms with Crippen LogP contribution in [0.25, 0.3) is 0 Å². The van der Waals surface area contributed by atoms with Crippen LogP contribution < -0.4 is 0 Å². The first-order valence-electron chi connectivity index (χ1n) is 7.53. The van der Waals surface area contributed by atoms with E-state index in [9.17, 15) is 5.11 Å². The summed E-state index contributed by atoms with van der Waals surface area (Å²) < 4.78 is 1.94. The molecular formula is C15H23ClN2O. The average Bonchev–Trinajstić information content (AvgIpc) is 3.09. The van der Waals surface area contributed by atoms with E-state index in [1.165, 1.54) is 25.7 Å². The summed E-state index contributed by atoms with van der Waals surface area (Å²) in [6.07, 6.45) is 5.73. The maximum Gasteiger partial charge on any atom is 0.0848 e. The highest BCUT2D eigenvalue weighted by molar-refractivity contribution is 6.31. The van der Waals surface area contributed by atoms with Crippen molar-refractivity contribution in [1.82, 2.24) is 9.78 Å². The Bertz CT molecular complexity index is 459. The van der Waals surface area contributed by atoms with E-state index in [1.807, 2.05) is 11.6 Å². The van der Waals surface area contributed by atoms with Crippen molar-refractivity contribution in [2.24, 2.45) is 17.8 Å². The monoisotopic (exact) mass is 282 g/mol. The Morgan fingerprint density at radius 3 is 2.58 bits per heavy atom. The Hall–Kier alpha value is -0.540. The Morgan fingerprint density at radius 2 is 2.00 bits per heavy atom. The van der Waals surface area contributed by atoms with Crippen LogP contribution in [0.5, 0.6) is 0 Å². The molecule has 1 aromatic rings. The van der Waals surface area contributed by atoms with E-state index in [1.54, 1.807) is 0 Å². The van der Waals surface area contributed by atoms with Crippen LogP contribution in [0.3, 0.4) is 0 Å². The molecule has 1 N–H and O–H groups in total. The predicted octanol–water partition coefficient (Wildman–Crippen LogP) is 3.20. The topological polar surface area (TPSA) is 38.0 Å². The molecular weight excluding hydrogens is 260 g/mol. The molecule has 1 heterocycles. The molecule has 0 spiro atoms. The molecule has 2 fully saturated rings. The lowest BCUT2D eigenvalue weighted by Crippen LogP contribution is -2.18. The lowest BCUT2D eigenvalue weighted by molar-refractivity contribution is 0.138. The lowest BCUT2D eigenvalue weighted by Gasteiger charge is -2.12. The number of aliphatic hydroxyl groups is 1. The number of hydrogen-bond donors (Lipinski definition) is 1. The molecule has 19 heavy (non-hydrogen) atoms. The van der Waals surface area contributed by atoms with Gasteiger partial charge in [0.2, 0.25) is 0 Å². The van der Waals surface area contributed by atoms with Crippen LogP contribution >= 0.6 is 11.6 Å². The zero-order valence-corrected chi connectivity index (χ0v) is 12.5. The lowest BCUT2D eigenvalue weighted by atomic mass is 10.0. The predicted molar refractivity (Wildman–Crippen MR) is 76.3 cm³/mol. The van der Waals surface area contributed by atoms with E-state index in [4.69, 9.17) is 11.6 Å². The molecule has 2 aliphatic carbocycles. The van der Waals surface area contributed by atoms with Crippen molar-refractivity contribution < 1.29 is 5.11 Å². The van der Waals surface area contributed by atoms with Gasteiger partial charge in [-0.15, -0.1) is 0 Å². The van der Waals surface area contributed by atoms with Crippen molar-refractivity contribution in [3.8, 4) is 0 Å². The Balaban J connectivity index is 1.71.